The molecule has 0 aliphatic heterocycles. The van der Waals surface area contributed by atoms with E-state index in [1.165, 1.54) is 19.2 Å². The van der Waals surface area contributed by atoms with E-state index in [1.54, 1.807) is 0 Å². The van der Waals surface area contributed by atoms with E-state index >= 15 is 0 Å². The van der Waals surface area contributed by atoms with E-state index in [-0.39, 0.29) is 16.7 Å². The number of aromatic amines is 1. The van der Waals surface area contributed by atoms with Gasteiger partial charge in [0, 0.05) is 17.8 Å². The highest BCUT2D eigenvalue weighted by Gasteiger charge is 2.11. The quantitative estimate of drug-likeness (QED) is 0.663. The lowest BCUT2D eigenvalue weighted by Crippen LogP contribution is -2.08. The minimum absolute atomic E-state index is 0.0856. The summed E-state index contributed by atoms with van der Waals surface area (Å²) < 4.78 is 24.1. The summed E-state index contributed by atoms with van der Waals surface area (Å²) in [7, 11) is 0. The smallest absolute Gasteiger partial charge is 0.278 e. The number of nitrogens with one attached hydrogen (secondary N) is 1. The largest absolute Gasteiger partial charge is 0.360 e. The number of pyridine rings is 1. The van der Waals surface area contributed by atoms with Gasteiger partial charge in [-0.2, -0.15) is 0 Å². The molecule has 1 aromatic rings. The average molecular weight is 159 g/mol. The molecule has 1 rings (SSSR count). The summed E-state index contributed by atoms with van der Waals surface area (Å²) in [4.78, 5) is 13.1. The van der Waals surface area contributed by atoms with Gasteiger partial charge in [-0.3, -0.25) is 4.79 Å². The highest BCUT2D eigenvalue weighted by atomic mass is 19.3. The van der Waals surface area contributed by atoms with Crippen molar-refractivity contribution in [2.24, 2.45) is 0 Å². The number of H-pyrrole nitrogens is 1. The first kappa shape index (κ1) is 7.91. The van der Waals surface area contributed by atoms with Crippen LogP contribution >= 0.6 is 0 Å². The molecule has 0 unspecified atom stereocenters. The van der Waals surface area contributed by atoms with E-state index in [0.717, 1.165) is 0 Å². The fraction of sp³-hybridized carbons (Fsp3) is 0.286. The Morgan fingerprint density at radius 1 is 1.55 bits per heavy atom. The molecule has 0 radical (unpaired) electrons. The molecule has 0 aromatic carbocycles. The minimum atomic E-state index is -2.61. The van der Waals surface area contributed by atoms with Gasteiger partial charge in [0.2, 0.25) is 0 Å². The van der Waals surface area contributed by atoms with Crippen molar-refractivity contribution >= 4 is 0 Å². The number of hydrogen-bond acceptors (Lipinski definition) is 1. The van der Waals surface area contributed by atoms with Crippen LogP contribution in [0.1, 0.15) is 17.7 Å². The van der Waals surface area contributed by atoms with Crippen molar-refractivity contribution in [1.29, 1.82) is 0 Å². The van der Waals surface area contributed by atoms with Crippen molar-refractivity contribution in [3.05, 3.63) is 33.7 Å². The molecule has 1 heterocycles. The second-order valence-electron chi connectivity index (χ2n) is 2.18. The van der Waals surface area contributed by atoms with Gasteiger partial charge in [0.05, 0.1) is 5.69 Å². The van der Waals surface area contributed by atoms with E-state index in [2.05, 4.69) is 4.98 Å². The lowest BCUT2D eigenvalue weighted by atomic mass is 10.2. The van der Waals surface area contributed by atoms with Gasteiger partial charge in [-0.15, -0.1) is 0 Å². The molecule has 0 saturated heterocycles. The second kappa shape index (κ2) is 2.82. The van der Waals surface area contributed by atoms with Crippen molar-refractivity contribution in [3.8, 4) is 0 Å². The average Bonchev–Trinajstić information content (AvgIpc) is 1.94. The van der Waals surface area contributed by atoms with Crippen molar-refractivity contribution in [1.82, 2.24) is 4.98 Å². The molecule has 0 fully saturated rings. The van der Waals surface area contributed by atoms with Crippen LogP contribution in [0.15, 0.2) is 17.1 Å². The van der Waals surface area contributed by atoms with Gasteiger partial charge in [0.25, 0.3) is 6.43 Å². The molecule has 0 bridgehead atoms. The first-order chi connectivity index (χ1) is 5.13. The summed E-state index contributed by atoms with van der Waals surface area (Å²) in [6.45, 7) is 1.38. The van der Waals surface area contributed by atoms with Crippen molar-refractivity contribution in [3.63, 3.8) is 0 Å². The molecular formula is C7H7F2NO. The summed E-state index contributed by atoms with van der Waals surface area (Å²) >= 11 is 0. The van der Waals surface area contributed by atoms with Crippen molar-refractivity contribution in [2.75, 3.05) is 0 Å². The van der Waals surface area contributed by atoms with Gasteiger partial charge in [-0.25, -0.2) is 8.78 Å². The van der Waals surface area contributed by atoms with Gasteiger partial charge in [-0.1, -0.05) is 0 Å². The van der Waals surface area contributed by atoms with E-state index in [4.69, 9.17) is 0 Å². The maximum atomic E-state index is 12.0. The SMILES string of the molecule is Cc1c(C(F)F)[nH]ccc1=O. The number of hydrogen-bond donors (Lipinski definition) is 1. The fourth-order valence-corrected chi connectivity index (χ4v) is 0.800. The molecule has 60 valence electrons. The lowest BCUT2D eigenvalue weighted by Gasteiger charge is -2.01. The summed E-state index contributed by atoms with van der Waals surface area (Å²) in [5, 5.41) is 0. The van der Waals surface area contributed by atoms with Crippen LogP contribution in [0.4, 0.5) is 8.78 Å². The maximum absolute atomic E-state index is 12.0. The normalized spacial score (nSPS) is 10.5. The van der Waals surface area contributed by atoms with Crippen LogP contribution in [0.5, 0.6) is 0 Å². The predicted molar refractivity (Wildman–Crippen MR) is 36.8 cm³/mol. The predicted octanol–water partition coefficient (Wildman–Crippen LogP) is 1.62. The van der Waals surface area contributed by atoms with Gasteiger partial charge in [0.1, 0.15) is 0 Å². The van der Waals surface area contributed by atoms with Crippen LogP contribution in [-0.2, 0) is 0 Å². The van der Waals surface area contributed by atoms with Gasteiger partial charge < -0.3 is 4.98 Å². The second-order valence-corrected chi connectivity index (χ2v) is 2.18. The third-order valence-electron chi connectivity index (χ3n) is 1.47. The molecule has 0 spiro atoms. The van der Waals surface area contributed by atoms with Gasteiger partial charge in [-0.05, 0) is 6.92 Å². The Labute approximate surface area is 61.9 Å². The Morgan fingerprint density at radius 2 is 2.18 bits per heavy atom. The third-order valence-corrected chi connectivity index (χ3v) is 1.47. The van der Waals surface area contributed by atoms with Crippen LogP contribution in [0.25, 0.3) is 0 Å². The Hall–Kier alpha value is -1.19. The minimum Gasteiger partial charge on any atom is -0.360 e. The molecule has 0 aliphatic carbocycles. The van der Waals surface area contributed by atoms with Gasteiger partial charge >= 0.3 is 0 Å². The van der Waals surface area contributed by atoms with Crippen molar-refractivity contribution in [2.45, 2.75) is 13.3 Å². The monoisotopic (exact) mass is 159 g/mol. The number of alkyl halides is 2. The van der Waals surface area contributed by atoms with Crippen LogP contribution in [0.2, 0.25) is 0 Å². The zero-order chi connectivity index (χ0) is 8.43. The van der Waals surface area contributed by atoms with E-state index < -0.39 is 6.43 Å². The molecule has 11 heavy (non-hydrogen) atoms. The zero-order valence-corrected chi connectivity index (χ0v) is 5.90. The molecule has 0 amide bonds. The molecular weight excluding hydrogens is 152 g/mol. The highest BCUT2D eigenvalue weighted by Crippen LogP contribution is 2.16. The molecule has 2 nitrogen and oxygen atoms in total. The molecule has 0 aliphatic rings. The first-order valence-corrected chi connectivity index (χ1v) is 3.09. The Balaban J connectivity index is 3.28. The summed E-state index contributed by atoms with van der Waals surface area (Å²) in [5.74, 6) is 0. The highest BCUT2D eigenvalue weighted by molar-refractivity contribution is 5.18. The molecule has 1 aromatic heterocycles. The third kappa shape index (κ3) is 1.45. The fourth-order valence-electron chi connectivity index (χ4n) is 0.800. The van der Waals surface area contributed by atoms with E-state index in [1.807, 2.05) is 0 Å². The van der Waals surface area contributed by atoms with Crippen LogP contribution in [-0.4, -0.2) is 4.98 Å². The number of aromatic nitrogens is 1. The van der Waals surface area contributed by atoms with Crippen LogP contribution in [0.3, 0.4) is 0 Å². The Bertz CT molecular complexity index is 306. The topological polar surface area (TPSA) is 32.9 Å². The Morgan fingerprint density at radius 3 is 2.64 bits per heavy atom. The summed E-state index contributed by atoms with van der Waals surface area (Å²) in [5.41, 5.74) is -0.570. The summed E-state index contributed by atoms with van der Waals surface area (Å²) in [6, 6.07) is 1.22. The standard InChI is InChI=1S/C7H7F2NO/c1-4-5(11)2-3-10-6(4)7(8)9/h2-3,7H,1H3,(H,10,11). The summed E-state index contributed by atoms with van der Waals surface area (Å²) in [6.07, 6.45) is -1.39. The number of rotatable bonds is 1. The first-order valence-electron chi connectivity index (χ1n) is 3.09. The molecule has 0 atom stereocenters. The molecule has 1 N–H and O–H groups in total. The van der Waals surface area contributed by atoms with E-state index in [9.17, 15) is 13.6 Å². The van der Waals surface area contributed by atoms with Crippen molar-refractivity contribution < 1.29 is 8.78 Å². The zero-order valence-electron chi connectivity index (χ0n) is 5.90. The van der Waals surface area contributed by atoms with E-state index in [0.29, 0.717) is 0 Å². The number of halogens is 2. The van der Waals surface area contributed by atoms with Gasteiger partial charge in [0.15, 0.2) is 5.43 Å². The lowest BCUT2D eigenvalue weighted by molar-refractivity contribution is 0.145. The molecule has 4 heteroatoms. The molecule has 0 saturated carbocycles. The van der Waals surface area contributed by atoms with Crippen LogP contribution < -0.4 is 5.43 Å². The van der Waals surface area contributed by atoms with Crippen LogP contribution in [0, 0.1) is 6.92 Å². The Kier molecular flexibility index (Phi) is 2.03. The maximum Gasteiger partial charge on any atom is 0.278 e.